The van der Waals surface area contributed by atoms with E-state index in [2.05, 4.69) is 4.98 Å². The standard InChI is InChI=1S/C22H22ClNO5/c1-3-9-28-21-16(23)11-14(12-19(21)27-4-2)10-15(13-20(25)26)22-24-17-7-5-6-8-18(17)29-22/h5-8,10-12H,3-4,9,13H2,1-2H3,(H,25,26)/b15-10+. The van der Waals surface area contributed by atoms with Crippen molar-refractivity contribution in [2.45, 2.75) is 26.7 Å². The summed E-state index contributed by atoms with van der Waals surface area (Å²) in [4.78, 5) is 15.8. The van der Waals surface area contributed by atoms with E-state index in [4.69, 9.17) is 25.5 Å². The fourth-order valence-corrected chi connectivity index (χ4v) is 3.11. The summed E-state index contributed by atoms with van der Waals surface area (Å²) in [5, 5.41) is 9.74. The van der Waals surface area contributed by atoms with Crippen molar-refractivity contribution in [2.24, 2.45) is 0 Å². The molecule has 0 atom stereocenters. The Hall–Kier alpha value is -2.99. The van der Waals surface area contributed by atoms with Crippen molar-refractivity contribution >= 4 is 40.3 Å². The molecule has 29 heavy (non-hydrogen) atoms. The molecule has 0 spiro atoms. The van der Waals surface area contributed by atoms with Crippen molar-refractivity contribution in [1.29, 1.82) is 0 Å². The van der Waals surface area contributed by atoms with Crippen LogP contribution in [0.15, 0.2) is 40.8 Å². The summed E-state index contributed by atoms with van der Waals surface area (Å²) in [6, 6.07) is 10.8. The fourth-order valence-electron chi connectivity index (χ4n) is 2.84. The number of aromatic nitrogens is 1. The van der Waals surface area contributed by atoms with E-state index in [1.54, 1.807) is 24.3 Å². The minimum absolute atomic E-state index is 0.248. The number of hydrogen-bond acceptors (Lipinski definition) is 5. The number of ether oxygens (including phenoxy) is 2. The van der Waals surface area contributed by atoms with Gasteiger partial charge in [-0.2, -0.15) is 0 Å². The van der Waals surface area contributed by atoms with Crippen LogP contribution < -0.4 is 9.47 Å². The lowest BCUT2D eigenvalue weighted by Crippen LogP contribution is -2.01. The second kappa shape index (κ2) is 9.47. The normalized spacial score (nSPS) is 11.6. The van der Waals surface area contributed by atoms with Crippen molar-refractivity contribution in [3.05, 3.63) is 52.9 Å². The van der Waals surface area contributed by atoms with Gasteiger partial charge in [0.1, 0.15) is 5.52 Å². The Balaban J connectivity index is 2.05. The first-order valence-electron chi connectivity index (χ1n) is 9.39. The van der Waals surface area contributed by atoms with Gasteiger partial charge in [-0.05, 0) is 49.2 Å². The van der Waals surface area contributed by atoms with Crippen LogP contribution in [0.2, 0.25) is 5.02 Å². The van der Waals surface area contributed by atoms with E-state index in [9.17, 15) is 9.90 Å². The zero-order valence-electron chi connectivity index (χ0n) is 16.3. The highest BCUT2D eigenvalue weighted by molar-refractivity contribution is 6.32. The van der Waals surface area contributed by atoms with Crippen LogP contribution in [0.25, 0.3) is 22.7 Å². The molecule has 0 saturated carbocycles. The van der Waals surface area contributed by atoms with Crippen LogP contribution in [0.5, 0.6) is 11.5 Å². The third kappa shape index (κ3) is 5.09. The topological polar surface area (TPSA) is 81.8 Å². The molecule has 152 valence electrons. The number of carbonyl (C=O) groups is 1. The Morgan fingerprint density at radius 1 is 1.24 bits per heavy atom. The maximum atomic E-state index is 11.4. The summed E-state index contributed by atoms with van der Waals surface area (Å²) in [6.45, 7) is 4.83. The smallest absolute Gasteiger partial charge is 0.308 e. The van der Waals surface area contributed by atoms with Crippen LogP contribution >= 0.6 is 11.6 Å². The molecule has 1 N–H and O–H groups in total. The lowest BCUT2D eigenvalue weighted by Gasteiger charge is -2.14. The van der Waals surface area contributed by atoms with E-state index in [1.807, 2.05) is 32.0 Å². The van der Waals surface area contributed by atoms with Gasteiger partial charge in [0.25, 0.3) is 0 Å². The molecule has 0 aliphatic carbocycles. The number of oxazole rings is 1. The second-order valence-electron chi connectivity index (χ2n) is 6.34. The van der Waals surface area contributed by atoms with Crippen molar-refractivity contribution in [3.8, 4) is 11.5 Å². The molecule has 3 rings (SSSR count). The lowest BCUT2D eigenvalue weighted by molar-refractivity contribution is -0.135. The van der Waals surface area contributed by atoms with Gasteiger partial charge in [0, 0.05) is 5.57 Å². The van der Waals surface area contributed by atoms with Crippen LogP contribution in [-0.4, -0.2) is 29.3 Å². The van der Waals surface area contributed by atoms with E-state index in [0.717, 1.165) is 6.42 Å². The number of carboxylic acids is 1. The van der Waals surface area contributed by atoms with Crippen LogP contribution in [0.1, 0.15) is 38.1 Å². The zero-order chi connectivity index (χ0) is 20.8. The van der Waals surface area contributed by atoms with Gasteiger partial charge in [-0.15, -0.1) is 0 Å². The highest BCUT2D eigenvalue weighted by Gasteiger charge is 2.17. The Morgan fingerprint density at radius 2 is 2.03 bits per heavy atom. The van der Waals surface area contributed by atoms with Gasteiger partial charge in [0.15, 0.2) is 17.1 Å². The molecular weight excluding hydrogens is 394 g/mol. The summed E-state index contributed by atoms with van der Waals surface area (Å²) in [5.74, 6) is 0.257. The number of benzene rings is 2. The fraction of sp³-hybridized carbons (Fsp3) is 0.273. The molecule has 0 aliphatic rings. The molecule has 3 aromatic rings. The molecule has 1 heterocycles. The van der Waals surface area contributed by atoms with Crippen LogP contribution in [0.3, 0.4) is 0 Å². The number of halogens is 1. The number of hydrogen-bond donors (Lipinski definition) is 1. The molecule has 1 aromatic heterocycles. The summed E-state index contributed by atoms with van der Waals surface area (Å²) < 4.78 is 17.2. The number of fused-ring (bicyclic) bond motifs is 1. The van der Waals surface area contributed by atoms with E-state index in [-0.39, 0.29) is 12.3 Å². The predicted octanol–water partition coefficient (Wildman–Crippen LogP) is 5.68. The molecule has 0 unspecified atom stereocenters. The Morgan fingerprint density at radius 3 is 2.72 bits per heavy atom. The highest BCUT2D eigenvalue weighted by atomic mass is 35.5. The number of nitrogens with zero attached hydrogens (tertiary/aromatic N) is 1. The monoisotopic (exact) mass is 415 g/mol. The minimum Gasteiger partial charge on any atom is -0.490 e. The van der Waals surface area contributed by atoms with Gasteiger partial charge >= 0.3 is 5.97 Å². The van der Waals surface area contributed by atoms with Gasteiger partial charge in [-0.1, -0.05) is 30.7 Å². The maximum absolute atomic E-state index is 11.4. The minimum atomic E-state index is -0.988. The third-order valence-electron chi connectivity index (χ3n) is 4.03. The Bertz CT molecular complexity index is 1010. The number of para-hydroxylation sites is 2. The average molecular weight is 416 g/mol. The summed E-state index contributed by atoms with van der Waals surface area (Å²) in [5.41, 5.74) is 2.35. The van der Waals surface area contributed by atoms with Gasteiger partial charge in [-0.3, -0.25) is 4.79 Å². The van der Waals surface area contributed by atoms with E-state index >= 15 is 0 Å². The molecule has 0 bridgehead atoms. The summed E-state index contributed by atoms with van der Waals surface area (Å²) in [6.07, 6.45) is 2.28. The first-order valence-corrected chi connectivity index (χ1v) is 9.77. The largest absolute Gasteiger partial charge is 0.490 e. The van der Waals surface area contributed by atoms with E-state index in [1.165, 1.54) is 0 Å². The molecule has 0 fully saturated rings. The quantitative estimate of drug-likeness (QED) is 0.483. The zero-order valence-corrected chi connectivity index (χ0v) is 17.0. The first kappa shape index (κ1) is 20.7. The lowest BCUT2D eigenvalue weighted by atomic mass is 10.1. The van der Waals surface area contributed by atoms with Crippen molar-refractivity contribution in [3.63, 3.8) is 0 Å². The van der Waals surface area contributed by atoms with Crippen LogP contribution in [0, 0.1) is 0 Å². The van der Waals surface area contributed by atoms with Gasteiger partial charge in [0.05, 0.1) is 24.7 Å². The van der Waals surface area contributed by atoms with Gasteiger partial charge < -0.3 is 19.0 Å². The molecular formula is C22H22ClNO5. The third-order valence-corrected chi connectivity index (χ3v) is 4.31. The number of carboxylic acid groups (broad SMARTS) is 1. The molecule has 0 saturated heterocycles. The van der Waals surface area contributed by atoms with Crippen LogP contribution in [-0.2, 0) is 4.79 Å². The van der Waals surface area contributed by atoms with E-state index in [0.29, 0.717) is 52.0 Å². The van der Waals surface area contributed by atoms with Crippen LogP contribution in [0.4, 0.5) is 0 Å². The average Bonchev–Trinajstić information content (AvgIpc) is 3.11. The van der Waals surface area contributed by atoms with Crippen molar-refractivity contribution in [2.75, 3.05) is 13.2 Å². The SMILES string of the molecule is CCCOc1c(Cl)cc(/C=C(\CC(=O)O)c2nc3ccccc3o2)cc1OCC. The van der Waals surface area contributed by atoms with Gasteiger partial charge in [0.2, 0.25) is 5.89 Å². The number of aliphatic carboxylic acids is 1. The Kier molecular flexibility index (Phi) is 6.77. The predicted molar refractivity (Wildman–Crippen MR) is 113 cm³/mol. The molecule has 7 heteroatoms. The van der Waals surface area contributed by atoms with Crippen molar-refractivity contribution < 1.29 is 23.8 Å². The van der Waals surface area contributed by atoms with Gasteiger partial charge in [-0.25, -0.2) is 4.98 Å². The summed E-state index contributed by atoms with van der Waals surface area (Å²) in [7, 11) is 0. The maximum Gasteiger partial charge on any atom is 0.308 e. The Labute approximate surface area is 173 Å². The molecule has 6 nitrogen and oxygen atoms in total. The second-order valence-corrected chi connectivity index (χ2v) is 6.75. The highest BCUT2D eigenvalue weighted by Crippen LogP contribution is 2.38. The molecule has 2 aromatic carbocycles. The number of rotatable bonds is 9. The molecule has 0 aliphatic heterocycles. The van der Waals surface area contributed by atoms with E-state index < -0.39 is 5.97 Å². The summed E-state index contributed by atoms with van der Waals surface area (Å²) >= 11 is 6.42. The van der Waals surface area contributed by atoms with Crippen molar-refractivity contribution in [1.82, 2.24) is 4.98 Å². The molecule has 0 amide bonds. The molecule has 0 radical (unpaired) electrons. The first-order chi connectivity index (χ1) is 14.0.